The van der Waals surface area contributed by atoms with Gasteiger partial charge in [0.1, 0.15) is 11.6 Å². The molecule has 0 spiro atoms. The Morgan fingerprint density at radius 1 is 1.40 bits per heavy atom. The quantitative estimate of drug-likeness (QED) is 0.710. The van der Waals surface area contributed by atoms with Crippen LogP contribution >= 0.6 is 0 Å². The molecule has 20 heavy (non-hydrogen) atoms. The molecule has 5 nitrogen and oxygen atoms in total. The number of nitrogens with one attached hydrogen (secondary N) is 1. The van der Waals surface area contributed by atoms with Crippen molar-refractivity contribution in [1.82, 2.24) is 9.62 Å². The van der Waals surface area contributed by atoms with Gasteiger partial charge in [-0.1, -0.05) is 6.92 Å². The normalized spacial score (nSPS) is 12.0. The first-order valence-electron chi connectivity index (χ1n) is 6.48. The molecule has 0 unspecified atom stereocenters. The lowest BCUT2D eigenvalue weighted by molar-refractivity contribution is 0.417. The molecule has 114 valence electrons. The van der Waals surface area contributed by atoms with E-state index in [1.165, 1.54) is 28.8 Å². The fourth-order valence-corrected chi connectivity index (χ4v) is 2.79. The summed E-state index contributed by atoms with van der Waals surface area (Å²) >= 11 is 0. The molecule has 0 bridgehead atoms. The number of phenolic OH excluding ortho intramolecular Hbond substituents is 1. The second-order valence-corrected chi connectivity index (χ2v) is 6.54. The minimum Gasteiger partial charge on any atom is -0.508 e. The molecule has 0 aromatic heterocycles. The predicted octanol–water partition coefficient (Wildman–Crippen LogP) is 1.29. The van der Waals surface area contributed by atoms with Gasteiger partial charge in [-0.25, -0.2) is 17.1 Å². The molecule has 0 fully saturated rings. The minimum absolute atomic E-state index is 0.0465. The van der Waals surface area contributed by atoms with Gasteiger partial charge in [-0.15, -0.1) is 0 Å². The smallest absolute Gasteiger partial charge is 0.211 e. The number of rotatable bonds is 8. The zero-order valence-electron chi connectivity index (χ0n) is 11.8. The van der Waals surface area contributed by atoms with Crippen molar-refractivity contribution in [3.8, 4) is 5.75 Å². The highest BCUT2D eigenvalue weighted by molar-refractivity contribution is 7.88. The maximum absolute atomic E-state index is 13.0. The van der Waals surface area contributed by atoms with Gasteiger partial charge in [-0.2, -0.15) is 0 Å². The molecular weight excluding hydrogens is 283 g/mol. The molecule has 0 aliphatic rings. The molecule has 1 rings (SSSR count). The first-order valence-corrected chi connectivity index (χ1v) is 8.32. The van der Waals surface area contributed by atoms with Gasteiger partial charge in [0.2, 0.25) is 10.0 Å². The van der Waals surface area contributed by atoms with E-state index >= 15 is 0 Å². The third-order valence-corrected chi connectivity index (χ3v) is 4.32. The van der Waals surface area contributed by atoms with Crippen LogP contribution in [0.1, 0.15) is 18.9 Å². The molecule has 0 amide bonds. The van der Waals surface area contributed by atoms with Crippen molar-refractivity contribution >= 4 is 10.0 Å². The number of halogens is 1. The van der Waals surface area contributed by atoms with Crippen LogP contribution in [0.5, 0.6) is 5.75 Å². The van der Waals surface area contributed by atoms with Crippen LogP contribution in [0.3, 0.4) is 0 Å². The summed E-state index contributed by atoms with van der Waals surface area (Å²) in [5, 5.41) is 12.6. The summed E-state index contributed by atoms with van der Waals surface area (Å²) in [5.74, 6) is -0.348. The fraction of sp³-hybridized carbons (Fsp3) is 0.538. The summed E-state index contributed by atoms with van der Waals surface area (Å²) in [6.07, 6.45) is 1.84. The summed E-state index contributed by atoms with van der Waals surface area (Å²) in [5.41, 5.74) is 0.487. The van der Waals surface area contributed by atoms with Crippen LogP contribution in [0, 0.1) is 5.82 Å². The number of benzene rings is 1. The Labute approximate surface area is 119 Å². The van der Waals surface area contributed by atoms with Crippen molar-refractivity contribution in [2.75, 3.05) is 25.9 Å². The highest BCUT2D eigenvalue weighted by atomic mass is 32.2. The van der Waals surface area contributed by atoms with Gasteiger partial charge in [-0.3, -0.25) is 0 Å². The number of phenols is 1. The molecular formula is C13H21FN2O3S. The average Bonchev–Trinajstić information content (AvgIpc) is 2.36. The highest BCUT2D eigenvalue weighted by Crippen LogP contribution is 2.17. The lowest BCUT2D eigenvalue weighted by Crippen LogP contribution is -2.32. The highest BCUT2D eigenvalue weighted by Gasteiger charge is 2.13. The Balaban J connectivity index is 2.34. The SMILES string of the molecule is CCN(CCCNCc1cc(F)ccc1O)S(C)(=O)=O. The third-order valence-electron chi connectivity index (χ3n) is 2.94. The summed E-state index contributed by atoms with van der Waals surface area (Å²) in [6, 6.07) is 3.79. The van der Waals surface area contributed by atoms with Crippen LogP contribution in [0.15, 0.2) is 18.2 Å². The van der Waals surface area contributed by atoms with Gasteiger partial charge in [0.25, 0.3) is 0 Å². The van der Waals surface area contributed by atoms with E-state index in [4.69, 9.17) is 0 Å². The van der Waals surface area contributed by atoms with Crippen LogP contribution in [-0.2, 0) is 16.6 Å². The van der Waals surface area contributed by atoms with Crippen molar-refractivity contribution < 1.29 is 17.9 Å². The molecule has 0 radical (unpaired) electrons. The van der Waals surface area contributed by atoms with Crippen LogP contribution < -0.4 is 5.32 Å². The maximum atomic E-state index is 13.0. The lowest BCUT2D eigenvalue weighted by atomic mass is 10.2. The summed E-state index contributed by atoms with van der Waals surface area (Å²) in [7, 11) is -3.15. The molecule has 1 aromatic rings. The van der Waals surface area contributed by atoms with E-state index in [0.717, 1.165) is 0 Å². The number of nitrogens with zero attached hydrogens (tertiary/aromatic N) is 1. The first kappa shape index (κ1) is 16.9. The average molecular weight is 304 g/mol. The van der Waals surface area contributed by atoms with E-state index < -0.39 is 15.8 Å². The predicted molar refractivity (Wildman–Crippen MR) is 76.5 cm³/mol. The summed E-state index contributed by atoms with van der Waals surface area (Å²) in [4.78, 5) is 0. The van der Waals surface area contributed by atoms with E-state index in [0.29, 0.717) is 38.2 Å². The van der Waals surface area contributed by atoms with Gasteiger partial charge in [-0.05, 0) is 31.2 Å². The molecule has 1 aromatic carbocycles. The van der Waals surface area contributed by atoms with Crippen molar-refractivity contribution in [3.05, 3.63) is 29.6 Å². The summed E-state index contributed by atoms with van der Waals surface area (Å²) < 4.78 is 37.1. The Bertz CT molecular complexity index is 534. The topological polar surface area (TPSA) is 69.6 Å². The molecule has 7 heteroatoms. The van der Waals surface area contributed by atoms with Crippen molar-refractivity contribution in [1.29, 1.82) is 0 Å². The van der Waals surface area contributed by atoms with Crippen LogP contribution in [0.2, 0.25) is 0 Å². The number of sulfonamides is 1. The monoisotopic (exact) mass is 304 g/mol. The zero-order valence-corrected chi connectivity index (χ0v) is 12.6. The van der Waals surface area contributed by atoms with Gasteiger partial charge >= 0.3 is 0 Å². The number of aromatic hydroxyl groups is 1. The lowest BCUT2D eigenvalue weighted by Gasteiger charge is -2.17. The van der Waals surface area contributed by atoms with Crippen molar-refractivity contribution in [3.63, 3.8) is 0 Å². The standard InChI is InChI=1S/C13H21FN2O3S/c1-3-16(20(2,18)19)8-4-7-15-10-11-9-12(14)5-6-13(11)17/h5-6,9,15,17H,3-4,7-8,10H2,1-2H3. The van der Waals surface area contributed by atoms with Gasteiger partial charge < -0.3 is 10.4 Å². The molecule has 0 aliphatic carbocycles. The van der Waals surface area contributed by atoms with Crippen LogP contribution in [0.25, 0.3) is 0 Å². The van der Waals surface area contributed by atoms with E-state index in [1.807, 2.05) is 0 Å². The van der Waals surface area contributed by atoms with Gasteiger partial charge in [0.15, 0.2) is 0 Å². The Morgan fingerprint density at radius 2 is 2.10 bits per heavy atom. The molecule has 0 heterocycles. The molecule has 0 saturated heterocycles. The van der Waals surface area contributed by atoms with E-state index in [1.54, 1.807) is 6.92 Å². The first-order chi connectivity index (χ1) is 9.34. The molecule has 2 N–H and O–H groups in total. The Morgan fingerprint density at radius 3 is 2.70 bits per heavy atom. The largest absolute Gasteiger partial charge is 0.508 e. The Hall–Kier alpha value is -1.18. The maximum Gasteiger partial charge on any atom is 0.211 e. The molecule has 0 aliphatic heterocycles. The Kier molecular flexibility index (Phi) is 6.38. The number of hydrogen-bond donors (Lipinski definition) is 2. The summed E-state index contributed by atoms with van der Waals surface area (Å²) in [6.45, 7) is 3.61. The second-order valence-electron chi connectivity index (χ2n) is 4.56. The van der Waals surface area contributed by atoms with E-state index in [2.05, 4.69) is 5.32 Å². The number of hydrogen-bond acceptors (Lipinski definition) is 4. The van der Waals surface area contributed by atoms with Crippen LogP contribution in [-0.4, -0.2) is 43.7 Å². The third kappa shape index (κ3) is 5.44. The van der Waals surface area contributed by atoms with Crippen molar-refractivity contribution in [2.45, 2.75) is 19.9 Å². The fourth-order valence-electron chi connectivity index (χ4n) is 1.86. The molecule has 0 saturated carbocycles. The van der Waals surface area contributed by atoms with Crippen LogP contribution in [0.4, 0.5) is 4.39 Å². The van der Waals surface area contributed by atoms with E-state index in [-0.39, 0.29) is 5.75 Å². The van der Waals surface area contributed by atoms with Crippen molar-refractivity contribution in [2.24, 2.45) is 0 Å². The second kappa shape index (κ2) is 7.56. The molecule has 0 atom stereocenters. The minimum atomic E-state index is -3.15. The van der Waals surface area contributed by atoms with E-state index in [9.17, 15) is 17.9 Å². The van der Waals surface area contributed by atoms with Gasteiger partial charge in [0, 0.05) is 25.2 Å². The van der Waals surface area contributed by atoms with Gasteiger partial charge in [0.05, 0.1) is 6.26 Å². The zero-order chi connectivity index (χ0) is 15.2.